The molecule has 2 aliphatic carbocycles. The van der Waals surface area contributed by atoms with Crippen LogP contribution < -0.4 is 5.32 Å². The highest BCUT2D eigenvalue weighted by molar-refractivity contribution is 5.60. The Morgan fingerprint density at radius 2 is 1.80 bits per heavy atom. The van der Waals surface area contributed by atoms with Gasteiger partial charge in [-0.3, -0.25) is 4.98 Å². The highest BCUT2D eigenvalue weighted by atomic mass is 15.2. The van der Waals surface area contributed by atoms with Crippen LogP contribution in [0.25, 0.3) is 11.4 Å². The van der Waals surface area contributed by atoms with E-state index in [0.717, 1.165) is 36.6 Å². The highest BCUT2D eigenvalue weighted by Crippen LogP contribution is 2.35. The fraction of sp³-hybridized carbons (Fsp3) is 0.550. The molecule has 5 heteroatoms. The van der Waals surface area contributed by atoms with E-state index in [1.807, 2.05) is 12.1 Å². The van der Waals surface area contributed by atoms with Gasteiger partial charge in [-0.15, -0.1) is 0 Å². The lowest BCUT2D eigenvalue weighted by Gasteiger charge is -2.36. The number of anilines is 1. The van der Waals surface area contributed by atoms with Crippen molar-refractivity contribution >= 4 is 5.82 Å². The first-order valence-corrected chi connectivity index (χ1v) is 9.39. The summed E-state index contributed by atoms with van der Waals surface area (Å²) in [5, 5.41) is 3.71. The van der Waals surface area contributed by atoms with Crippen LogP contribution in [0.4, 0.5) is 5.82 Å². The third kappa shape index (κ3) is 3.13. The van der Waals surface area contributed by atoms with Crippen LogP contribution in [0.1, 0.15) is 43.4 Å². The number of hydrogen-bond acceptors (Lipinski definition) is 5. The third-order valence-electron chi connectivity index (χ3n) is 5.94. The van der Waals surface area contributed by atoms with E-state index in [4.69, 9.17) is 9.97 Å². The largest absolute Gasteiger partial charge is 0.368 e. The predicted molar refractivity (Wildman–Crippen MR) is 101 cm³/mol. The van der Waals surface area contributed by atoms with Gasteiger partial charge >= 0.3 is 0 Å². The quantitative estimate of drug-likeness (QED) is 0.907. The molecule has 2 aliphatic rings. The van der Waals surface area contributed by atoms with Crippen LogP contribution >= 0.6 is 0 Å². The average Bonchev–Trinajstić information content (AvgIpc) is 3.30. The molecular formula is C20H27N5. The molecule has 0 amide bonds. The first kappa shape index (κ1) is 16.5. The summed E-state index contributed by atoms with van der Waals surface area (Å²) in [5.41, 5.74) is 3.84. The van der Waals surface area contributed by atoms with Gasteiger partial charge in [0.2, 0.25) is 0 Å². The fourth-order valence-corrected chi connectivity index (χ4v) is 4.27. The molecule has 0 aliphatic heterocycles. The number of pyridine rings is 1. The molecule has 25 heavy (non-hydrogen) atoms. The van der Waals surface area contributed by atoms with E-state index in [-0.39, 0.29) is 5.54 Å². The van der Waals surface area contributed by atoms with Crippen molar-refractivity contribution in [3.63, 3.8) is 0 Å². The van der Waals surface area contributed by atoms with E-state index in [1.165, 1.54) is 43.4 Å². The minimum absolute atomic E-state index is 0.257. The topological polar surface area (TPSA) is 53.9 Å². The lowest BCUT2D eigenvalue weighted by Crippen LogP contribution is -2.47. The van der Waals surface area contributed by atoms with E-state index in [2.05, 4.69) is 29.3 Å². The number of likely N-dealkylation sites (N-methyl/N-ethyl adjacent to an activating group) is 1. The number of hydrogen-bond donors (Lipinski definition) is 1. The zero-order valence-corrected chi connectivity index (χ0v) is 15.3. The smallest absolute Gasteiger partial charge is 0.161 e. The van der Waals surface area contributed by atoms with Crippen LogP contribution in [-0.4, -0.2) is 46.0 Å². The number of nitrogens with one attached hydrogen (secondary N) is 1. The van der Waals surface area contributed by atoms with Gasteiger partial charge in [0.1, 0.15) is 5.82 Å². The maximum Gasteiger partial charge on any atom is 0.161 e. The molecule has 1 fully saturated rings. The molecule has 0 spiro atoms. The first-order chi connectivity index (χ1) is 12.2. The van der Waals surface area contributed by atoms with E-state index in [9.17, 15) is 0 Å². The Kier molecular flexibility index (Phi) is 4.42. The number of aromatic nitrogens is 3. The Hall–Kier alpha value is -2.01. The molecule has 0 aromatic carbocycles. The zero-order chi connectivity index (χ0) is 17.3. The fourth-order valence-electron chi connectivity index (χ4n) is 4.27. The molecule has 1 saturated carbocycles. The van der Waals surface area contributed by atoms with Crippen molar-refractivity contribution < 1.29 is 0 Å². The number of aryl methyl sites for hydroxylation is 1. The molecule has 0 saturated heterocycles. The lowest BCUT2D eigenvalue weighted by molar-refractivity contribution is 0.172. The van der Waals surface area contributed by atoms with Crippen molar-refractivity contribution in [3.05, 3.63) is 35.8 Å². The van der Waals surface area contributed by atoms with Crippen LogP contribution in [0.2, 0.25) is 0 Å². The molecule has 0 unspecified atom stereocenters. The van der Waals surface area contributed by atoms with Crippen molar-refractivity contribution in [3.8, 4) is 11.4 Å². The summed E-state index contributed by atoms with van der Waals surface area (Å²) >= 11 is 0. The lowest BCUT2D eigenvalue weighted by atomic mass is 9.96. The summed E-state index contributed by atoms with van der Waals surface area (Å²) in [6, 6.07) is 3.97. The minimum Gasteiger partial charge on any atom is -0.368 e. The van der Waals surface area contributed by atoms with Gasteiger partial charge in [-0.1, -0.05) is 12.8 Å². The van der Waals surface area contributed by atoms with Crippen molar-refractivity contribution in [1.82, 2.24) is 19.9 Å². The molecule has 0 radical (unpaired) electrons. The van der Waals surface area contributed by atoms with E-state index in [0.29, 0.717) is 0 Å². The number of rotatable bonds is 5. The molecule has 4 rings (SSSR count). The van der Waals surface area contributed by atoms with Gasteiger partial charge < -0.3 is 10.2 Å². The maximum atomic E-state index is 4.90. The standard InChI is InChI=1S/C20H27N5/c1-25(2)20(10-3-4-11-20)14-22-19-16-6-5-7-17(16)23-18(24-19)15-8-12-21-13-9-15/h8-9,12-13H,3-7,10-11,14H2,1-2H3,(H,22,23,24). The zero-order valence-electron chi connectivity index (χ0n) is 15.3. The van der Waals surface area contributed by atoms with Crippen LogP contribution in [0.15, 0.2) is 24.5 Å². The summed E-state index contributed by atoms with van der Waals surface area (Å²) in [7, 11) is 4.42. The molecule has 132 valence electrons. The molecular weight excluding hydrogens is 310 g/mol. The van der Waals surface area contributed by atoms with Gasteiger partial charge in [-0.25, -0.2) is 9.97 Å². The van der Waals surface area contributed by atoms with Gasteiger partial charge in [0, 0.05) is 41.3 Å². The Balaban J connectivity index is 1.64. The molecule has 0 atom stereocenters. The molecule has 2 aromatic heterocycles. The second-order valence-electron chi connectivity index (χ2n) is 7.59. The molecule has 0 bridgehead atoms. The number of fused-ring (bicyclic) bond motifs is 1. The molecule has 1 N–H and O–H groups in total. The van der Waals surface area contributed by atoms with Crippen LogP contribution in [0.5, 0.6) is 0 Å². The summed E-state index contributed by atoms with van der Waals surface area (Å²) in [4.78, 5) is 16.2. The Bertz CT molecular complexity index is 735. The second kappa shape index (κ2) is 6.71. The van der Waals surface area contributed by atoms with E-state index < -0.39 is 0 Å². The normalized spacial score (nSPS) is 18.5. The summed E-state index contributed by atoms with van der Waals surface area (Å²) in [5.74, 6) is 1.86. The summed E-state index contributed by atoms with van der Waals surface area (Å²) in [6.45, 7) is 0.958. The number of nitrogens with zero attached hydrogens (tertiary/aromatic N) is 4. The monoisotopic (exact) mass is 337 g/mol. The van der Waals surface area contributed by atoms with Gasteiger partial charge in [0.05, 0.1) is 0 Å². The van der Waals surface area contributed by atoms with Crippen molar-refractivity contribution in [2.24, 2.45) is 0 Å². The van der Waals surface area contributed by atoms with Gasteiger partial charge in [-0.05, 0) is 58.3 Å². The van der Waals surface area contributed by atoms with Crippen LogP contribution in [0.3, 0.4) is 0 Å². The molecule has 2 aromatic rings. The SMILES string of the molecule is CN(C)C1(CNc2nc(-c3ccncc3)nc3c2CCC3)CCCC1. The van der Waals surface area contributed by atoms with Crippen molar-refractivity contribution in [2.45, 2.75) is 50.5 Å². The molecule has 5 nitrogen and oxygen atoms in total. The summed E-state index contributed by atoms with van der Waals surface area (Å²) < 4.78 is 0. The minimum atomic E-state index is 0.257. The van der Waals surface area contributed by atoms with Crippen LogP contribution in [0, 0.1) is 0 Å². The highest BCUT2D eigenvalue weighted by Gasteiger charge is 2.36. The molecule has 2 heterocycles. The predicted octanol–water partition coefficient (Wildman–Crippen LogP) is 3.31. The first-order valence-electron chi connectivity index (χ1n) is 9.39. The maximum absolute atomic E-state index is 4.90. The second-order valence-corrected chi connectivity index (χ2v) is 7.59. The Labute approximate surface area is 149 Å². The van der Waals surface area contributed by atoms with Crippen LogP contribution in [-0.2, 0) is 12.8 Å². The van der Waals surface area contributed by atoms with Gasteiger partial charge in [-0.2, -0.15) is 0 Å². The van der Waals surface area contributed by atoms with Crippen molar-refractivity contribution in [1.29, 1.82) is 0 Å². The average molecular weight is 337 g/mol. The third-order valence-corrected chi connectivity index (χ3v) is 5.94. The van der Waals surface area contributed by atoms with Gasteiger partial charge in [0.25, 0.3) is 0 Å². The van der Waals surface area contributed by atoms with E-state index >= 15 is 0 Å². The Morgan fingerprint density at radius 3 is 2.52 bits per heavy atom. The van der Waals surface area contributed by atoms with Gasteiger partial charge in [0.15, 0.2) is 5.82 Å². The van der Waals surface area contributed by atoms with Crippen molar-refractivity contribution in [2.75, 3.05) is 26.0 Å². The Morgan fingerprint density at radius 1 is 1.04 bits per heavy atom. The van der Waals surface area contributed by atoms with E-state index in [1.54, 1.807) is 12.4 Å². The summed E-state index contributed by atoms with van der Waals surface area (Å²) in [6.07, 6.45) is 12.1.